The monoisotopic (exact) mass is 402 g/mol. The first-order valence-corrected chi connectivity index (χ1v) is 10.7. The molecule has 2 aliphatic rings. The van der Waals surface area contributed by atoms with Gasteiger partial charge in [0.15, 0.2) is 0 Å². The molecule has 0 aromatic heterocycles. The van der Waals surface area contributed by atoms with Gasteiger partial charge < -0.3 is 10.2 Å². The number of carbonyl (C=O) groups is 2. The first-order valence-electron chi connectivity index (χ1n) is 10.7. The summed E-state index contributed by atoms with van der Waals surface area (Å²) in [7, 11) is 0. The lowest BCUT2D eigenvalue weighted by atomic mass is 9.65. The molecule has 0 unspecified atom stereocenters. The molecule has 2 atom stereocenters. The third-order valence-corrected chi connectivity index (χ3v) is 6.30. The molecule has 1 saturated heterocycles. The van der Waals surface area contributed by atoms with Crippen molar-refractivity contribution in [1.82, 2.24) is 10.2 Å². The maximum Gasteiger partial charge on any atom is 0.270 e. The van der Waals surface area contributed by atoms with Crippen molar-refractivity contribution in [2.24, 2.45) is 10.8 Å². The Balaban J connectivity index is 1.63. The molecular weight excluding hydrogens is 372 g/mol. The van der Waals surface area contributed by atoms with E-state index in [1.54, 1.807) is 18.2 Å². The molecule has 4 rings (SSSR count). The molecule has 2 aromatic rings. The predicted molar refractivity (Wildman–Crippen MR) is 120 cm³/mol. The predicted octanol–water partition coefficient (Wildman–Crippen LogP) is 4.88. The standard InChI is InChI=1S/C26H30N2O2/c1-25(2)15-21-16-26(3,17-25)18-28(21)24(30)22(14-19-10-6-4-7-11-19)27-23(29)20-12-8-5-9-13-20/h4-14,21H,15-18H2,1-3H3,(H,27,29)/b22-14+/t21-,26-/m1/s1. The average molecular weight is 403 g/mol. The fourth-order valence-corrected chi connectivity index (χ4v) is 5.50. The second kappa shape index (κ2) is 7.75. The number of amides is 2. The van der Waals surface area contributed by atoms with E-state index in [0.717, 1.165) is 31.4 Å². The summed E-state index contributed by atoms with van der Waals surface area (Å²) in [5.41, 5.74) is 2.14. The lowest BCUT2D eigenvalue weighted by Gasteiger charge is -2.39. The molecule has 1 aliphatic heterocycles. The first-order chi connectivity index (χ1) is 14.2. The smallest absolute Gasteiger partial charge is 0.270 e. The van der Waals surface area contributed by atoms with E-state index in [1.807, 2.05) is 53.4 Å². The number of nitrogens with zero attached hydrogens (tertiary/aromatic N) is 1. The van der Waals surface area contributed by atoms with E-state index in [1.165, 1.54) is 0 Å². The van der Waals surface area contributed by atoms with Gasteiger partial charge in [0.1, 0.15) is 5.70 Å². The average Bonchev–Trinajstić information content (AvgIpc) is 2.97. The Morgan fingerprint density at radius 3 is 2.27 bits per heavy atom. The zero-order valence-corrected chi connectivity index (χ0v) is 18.0. The highest BCUT2D eigenvalue weighted by Gasteiger charge is 2.51. The van der Waals surface area contributed by atoms with Crippen LogP contribution in [0, 0.1) is 10.8 Å². The molecule has 1 N–H and O–H groups in total. The van der Waals surface area contributed by atoms with Crippen LogP contribution in [-0.4, -0.2) is 29.3 Å². The number of nitrogens with one attached hydrogen (secondary N) is 1. The summed E-state index contributed by atoms with van der Waals surface area (Å²) in [6.45, 7) is 7.62. The van der Waals surface area contributed by atoms with Crippen molar-refractivity contribution in [2.75, 3.05) is 6.54 Å². The number of fused-ring (bicyclic) bond motifs is 2. The number of benzene rings is 2. The van der Waals surface area contributed by atoms with Crippen molar-refractivity contribution in [3.63, 3.8) is 0 Å². The van der Waals surface area contributed by atoms with E-state index in [9.17, 15) is 9.59 Å². The van der Waals surface area contributed by atoms with Crippen LogP contribution in [0.25, 0.3) is 6.08 Å². The Morgan fingerprint density at radius 2 is 1.60 bits per heavy atom. The molecule has 2 amide bonds. The van der Waals surface area contributed by atoms with Gasteiger partial charge in [-0.1, -0.05) is 69.3 Å². The Morgan fingerprint density at radius 1 is 0.967 bits per heavy atom. The third kappa shape index (κ3) is 4.33. The lowest BCUT2D eigenvalue weighted by molar-refractivity contribution is -0.128. The summed E-state index contributed by atoms with van der Waals surface area (Å²) in [5.74, 6) is -0.352. The van der Waals surface area contributed by atoms with Crippen LogP contribution < -0.4 is 5.32 Å². The van der Waals surface area contributed by atoms with Gasteiger partial charge in [0.25, 0.3) is 11.8 Å². The highest BCUT2D eigenvalue weighted by atomic mass is 16.2. The number of likely N-dealkylation sites (tertiary alicyclic amines) is 1. The highest BCUT2D eigenvalue weighted by molar-refractivity contribution is 6.05. The van der Waals surface area contributed by atoms with Crippen molar-refractivity contribution in [3.8, 4) is 0 Å². The molecule has 1 aliphatic carbocycles. The van der Waals surface area contributed by atoms with E-state index in [0.29, 0.717) is 11.3 Å². The Labute approximate surface area is 179 Å². The summed E-state index contributed by atoms with van der Waals surface area (Å²) in [4.78, 5) is 28.5. The van der Waals surface area contributed by atoms with E-state index in [2.05, 4.69) is 26.1 Å². The van der Waals surface area contributed by atoms with Gasteiger partial charge in [-0.3, -0.25) is 9.59 Å². The van der Waals surface area contributed by atoms with Gasteiger partial charge in [-0.2, -0.15) is 0 Å². The zero-order chi connectivity index (χ0) is 21.4. The van der Waals surface area contributed by atoms with Gasteiger partial charge >= 0.3 is 0 Å². The van der Waals surface area contributed by atoms with Crippen LogP contribution in [0.4, 0.5) is 0 Å². The molecule has 2 fully saturated rings. The van der Waals surface area contributed by atoms with Gasteiger partial charge in [-0.25, -0.2) is 0 Å². The molecule has 30 heavy (non-hydrogen) atoms. The third-order valence-electron chi connectivity index (χ3n) is 6.30. The highest BCUT2D eigenvalue weighted by Crippen LogP contribution is 2.52. The van der Waals surface area contributed by atoms with Crippen LogP contribution in [0.1, 0.15) is 56.0 Å². The Bertz CT molecular complexity index is 965. The van der Waals surface area contributed by atoms with E-state index >= 15 is 0 Å². The van der Waals surface area contributed by atoms with Crippen LogP contribution in [0.5, 0.6) is 0 Å². The summed E-state index contributed by atoms with van der Waals surface area (Å²) < 4.78 is 0. The minimum absolute atomic E-state index is 0.0884. The zero-order valence-electron chi connectivity index (χ0n) is 18.0. The van der Waals surface area contributed by atoms with Crippen molar-refractivity contribution < 1.29 is 9.59 Å². The quantitative estimate of drug-likeness (QED) is 0.741. The summed E-state index contributed by atoms with van der Waals surface area (Å²) >= 11 is 0. The number of hydrogen-bond acceptors (Lipinski definition) is 2. The van der Waals surface area contributed by atoms with E-state index in [-0.39, 0.29) is 28.7 Å². The molecule has 156 valence electrons. The van der Waals surface area contributed by atoms with Crippen LogP contribution in [0.3, 0.4) is 0 Å². The molecular formula is C26H30N2O2. The van der Waals surface area contributed by atoms with Crippen molar-refractivity contribution >= 4 is 17.9 Å². The Hall–Kier alpha value is -2.88. The van der Waals surface area contributed by atoms with Crippen LogP contribution in [0.15, 0.2) is 66.4 Å². The fraction of sp³-hybridized carbons (Fsp3) is 0.385. The first kappa shape index (κ1) is 20.4. The Kier molecular flexibility index (Phi) is 5.27. The lowest BCUT2D eigenvalue weighted by Crippen LogP contribution is -2.42. The number of hydrogen-bond donors (Lipinski definition) is 1. The molecule has 0 radical (unpaired) electrons. The van der Waals surface area contributed by atoms with Crippen molar-refractivity contribution in [2.45, 2.75) is 46.1 Å². The molecule has 2 bridgehead atoms. The second-order valence-corrected chi connectivity index (χ2v) is 9.94. The van der Waals surface area contributed by atoms with E-state index < -0.39 is 0 Å². The van der Waals surface area contributed by atoms with Crippen molar-refractivity contribution in [3.05, 3.63) is 77.5 Å². The normalized spacial score (nSPS) is 25.1. The molecule has 0 spiro atoms. The largest absolute Gasteiger partial charge is 0.334 e. The van der Waals surface area contributed by atoms with Crippen molar-refractivity contribution in [1.29, 1.82) is 0 Å². The molecule has 1 saturated carbocycles. The van der Waals surface area contributed by atoms with Crippen LogP contribution in [0.2, 0.25) is 0 Å². The fourth-order valence-electron chi connectivity index (χ4n) is 5.50. The minimum atomic E-state index is -0.264. The maximum absolute atomic E-state index is 13.7. The van der Waals surface area contributed by atoms with Crippen LogP contribution >= 0.6 is 0 Å². The summed E-state index contributed by atoms with van der Waals surface area (Å²) in [6, 6.07) is 18.9. The number of rotatable bonds is 4. The SMILES string of the molecule is CC1(C)C[C@@H]2C[C@@](C)(CN2C(=O)/C(=C\c2ccccc2)NC(=O)c2ccccc2)C1. The molecule has 1 heterocycles. The maximum atomic E-state index is 13.7. The van der Waals surface area contributed by atoms with Gasteiger partial charge in [0.05, 0.1) is 0 Å². The molecule has 4 nitrogen and oxygen atoms in total. The number of carbonyl (C=O) groups excluding carboxylic acids is 2. The summed E-state index contributed by atoms with van der Waals surface area (Å²) in [6.07, 6.45) is 4.94. The molecule has 2 aromatic carbocycles. The van der Waals surface area contributed by atoms with Gasteiger partial charge in [0, 0.05) is 18.2 Å². The van der Waals surface area contributed by atoms with E-state index in [4.69, 9.17) is 0 Å². The van der Waals surface area contributed by atoms with Gasteiger partial charge in [-0.05, 0) is 53.9 Å². The van der Waals surface area contributed by atoms with Gasteiger partial charge in [-0.15, -0.1) is 0 Å². The summed E-state index contributed by atoms with van der Waals surface area (Å²) in [5, 5.41) is 2.90. The molecule has 4 heteroatoms. The van der Waals surface area contributed by atoms with Crippen LogP contribution in [-0.2, 0) is 4.79 Å². The topological polar surface area (TPSA) is 49.4 Å². The van der Waals surface area contributed by atoms with Gasteiger partial charge in [0.2, 0.25) is 0 Å². The minimum Gasteiger partial charge on any atom is -0.334 e. The second-order valence-electron chi connectivity index (χ2n) is 9.94.